The van der Waals surface area contributed by atoms with E-state index < -0.39 is 0 Å². The summed E-state index contributed by atoms with van der Waals surface area (Å²) in [7, 11) is 0. The quantitative estimate of drug-likeness (QED) is 0.394. The Bertz CT molecular complexity index is 270. The third-order valence-electron chi connectivity index (χ3n) is 6.05. The van der Waals surface area contributed by atoms with Gasteiger partial charge in [-0.05, 0) is 55.8 Å². The van der Waals surface area contributed by atoms with Gasteiger partial charge in [0.05, 0.1) is 6.61 Å². The summed E-state index contributed by atoms with van der Waals surface area (Å²) in [5.74, 6) is 4.11. The molecule has 2 saturated carbocycles. The molecule has 0 N–H and O–H groups in total. The zero-order chi connectivity index (χ0) is 14.9. The number of hydrogen-bond donors (Lipinski definition) is 0. The maximum Gasteiger partial charge on any atom is 0.0644 e. The van der Waals surface area contributed by atoms with Gasteiger partial charge >= 0.3 is 0 Å². The molecule has 1 heteroatoms. The maximum absolute atomic E-state index is 5.55. The topological polar surface area (TPSA) is 9.23 Å². The van der Waals surface area contributed by atoms with Crippen LogP contribution in [0.25, 0.3) is 0 Å². The van der Waals surface area contributed by atoms with Crippen LogP contribution in [0, 0.1) is 23.7 Å². The lowest BCUT2D eigenvalue weighted by Gasteiger charge is -2.38. The molecule has 0 amide bonds. The molecule has 0 radical (unpaired) electrons. The molecular weight excluding hydrogens is 256 g/mol. The lowest BCUT2D eigenvalue weighted by atomic mass is 9.68. The number of ether oxygens (including phenoxy) is 1. The Morgan fingerprint density at radius 2 is 1.38 bits per heavy atom. The van der Waals surface area contributed by atoms with Crippen molar-refractivity contribution in [3.05, 3.63) is 12.7 Å². The van der Waals surface area contributed by atoms with Crippen molar-refractivity contribution in [3.8, 4) is 0 Å². The van der Waals surface area contributed by atoms with Gasteiger partial charge in [0.25, 0.3) is 0 Å². The summed E-state index contributed by atoms with van der Waals surface area (Å²) in [4.78, 5) is 0. The van der Waals surface area contributed by atoms with Crippen molar-refractivity contribution in [2.75, 3.05) is 13.2 Å². The Kier molecular flexibility index (Phi) is 7.85. The molecular formula is C20H36O. The predicted octanol–water partition coefficient (Wildman–Crippen LogP) is 5.99. The molecule has 21 heavy (non-hydrogen) atoms. The van der Waals surface area contributed by atoms with Crippen LogP contribution in [0.5, 0.6) is 0 Å². The van der Waals surface area contributed by atoms with E-state index in [9.17, 15) is 0 Å². The average Bonchev–Trinajstić information content (AvgIpc) is 2.53. The maximum atomic E-state index is 5.55. The third-order valence-corrected chi connectivity index (χ3v) is 6.05. The second-order valence-corrected chi connectivity index (χ2v) is 7.50. The predicted molar refractivity (Wildman–Crippen MR) is 91.4 cm³/mol. The van der Waals surface area contributed by atoms with Crippen LogP contribution < -0.4 is 0 Å². The van der Waals surface area contributed by atoms with Gasteiger partial charge in [0.2, 0.25) is 0 Å². The van der Waals surface area contributed by atoms with Crippen LogP contribution in [0.15, 0.2) is 12.7 Å². The highest BCUT2D eigenvalue weighted by atomic mass is 16.5. The summed E-state index contributed by atoms with van der Waals surface area (Å²) >= 11 is 0. The van der Waals surface area contributed by atoms with Gasteiger partial charge in [-0.25, -0.2) is 0 Å². The molecule has 0 aliphatic heterocycles. The second kappa shape index (κ2) is 9.66. The van der Waals surface area contributed by atoms with Crippen LogP contribution in [0.3, 0.4) is 0 Å². The van der Waals surface area contributed by atoms with E-state index in [0.717, 1.165) is 36.9 Å². The highest BCUT2D eigenvalue weighted by molar-refractivity contribution is 4.82. The van der Waals surface area contributed by atoms with Crippen molar-refractivity contribution in [2.45, 2.75) is 77.6 Å². The Morgan fingerprint density at radius 3 is 1.86 bits per heavy atom. The second-order valence-electron chi connectivity index (χ2n) is 7.50. The molecule has 0 saturated heterocycles. The van der Waals surface area contributed by atoms with Gasteiger partial charge in [0.1, 0.15) is 0 Å². The number of rotatable bonds is 8. The van der Waals surface area contributed by atoms with Gasteiger partial charge in [-0.3, -0.25) is 0 Å². The van der Waals surface area contributed by atoms with E-state index in [-0.39, 0.29) is 0 Å². The highest BCUT2D eigenvalue weighted by Crippen LogP contribution is 2.42. The van der Waals surface area contributed by atoms with Crippen molar-refractivity contribution in [1.82, 2.24) is 0 Å². The first-order chi connectivity index (χ1) is 10.3. The van der Waals surface area contributed by atoms with Crippen LogP contribution >= 0.6 is 0 Å². The molecule has 0 aromatic rings. The lowest BCUT2D eigenvalue weighted by Crippen LogP contribution is -2.26. The van der Waals surface area contributed by atoms with Crippen molar-refractivity contribution in [1.29, 1.82) is 0 Å². The van der Waals surface area contributed by atoms with E-state index in [2.05, 4.69) is 13.5 Å². The molecule has 0 aromatic carbocycles. The molecule has 122 valence electrons. The molecule has 0 bridgehead atoms. The van der Waals surface area contributed by atoms with Crippen LogP contribution in [0.1, 0.15) is 77.6 Å². The molecule has 0 aromatic heterocycles. The van der Waals surface area contributed by atoms with E-state index in [1.807, 2.05) is 6.08 Å². The van der Waals surface area contributed by atoms with E-state index in [4.69, 9.17) is 4.74 Å². The Hall–Kier alpha value is -0.300. The molecule has 2 aliphatic carbocycles. The summed E-state index contributed by atoms with van der Waals surface area (Å²) < 4.78 is 5.55. The van der Waals surface area contributed by atoms with E-state index in [1.165, 1.54) is 70.6 Å². The zero-order valence-electron chi connectivity index (χ0n) is 14.2. The Morgan fingerprint density at radius 1 is 0.857 bits per heavy atom. The summed E-state index contributed by atoms with van der Waals surface area (Å²) in [6.07, 6.45) is 18.0. The lowest BCUT2D eigenvalue weighted by molar-refractivity contribution is 0.110. The summed E-state index contributed by atoms with van der Waals surface area (Å²) in [5.41, 5.74) is 0. The van der Waals surface area contributed by atoms with Crippen molar-refractivity contribution in [2.24, 2.45) is 23.7 Å². The zero-order valence-corrected chi connectivity index (χ0v) is 14.2. The smallest absolute Gasteiger partial charge is 0.0644 e. The minimum atomic E-state index is 0.719. The minimum absolute atomic E-state index is 0.719. The molecule has 2 rings (SSSR count). The van der Waals surface area contributed by atoms with Crippen molar-refractivity contribution in [3.63, 3.8) is 0 Å². The number of hydrogen-bond acceptors (Lipinski definition) is 1. The van der Waals surface area contributed by atoms with E-state index in [1.54, 1.807) is 0 Å². The normalized spacial score (nSPS) is 33.8. The minimum Gasteiger partial charge on any atom is -0.377 e. The largest absolute Gasteiger partial charge is 0.377 e. The first kappa shape index (κ1) is 17.1. The molecule has 0 heterocycles. The average molecular weight is 293 g/mol. The molecule has 2 aliphatic rings. The first-order valence-corrected chi connectivity index (χ1v) is 9.52. The van der Waals surface area contributed by atoms with Gasteiger partial charge in [-0.15, -0.1) is 6.58 Å². The highest BCUT2D eigenvalue weighted by Gasteiger charge is 2.30. The van der Waals surface area contributed by atoms with Gasteiger partial charge in [0, 0.05) is 6.61 Å². The molecule has 0 spiro atoms. The summed E-state index contributed by atoms with van der Waals surface area (Å²) in [6.45, 7) is 7.69. The summed E-state index contributed by atoms with van der Waals surface area (Å²) in [5, 5.41) is 0. The molecule has 1 nitrogen and oxygen atoms in total. The van der Waals surface area contributed by atoms with Crippen LogP contribution in [-0.2, 0) is 4.74 Å². The molecule has 2 fully saturated rings. The Balaban J connectivity index is 1.59. The van der Waals surface area contributed by atoms with Crippen molar-refractivity contribution >= 4 is 0 Å². The first-order valence-electron chi connectivity index (χ1n) is 9.52. The van der Waals surface area contributed by atoms with Crippen LogP contribution in [-0.4, -0.2) is 13.2 Å². The Labute approximate surface area is 132 Å². The SMILES string of the molecule is C=CCOCC[C@H]1CC[C@H]([C@H]2CC[C@H](CCC)CC2)CC1. The third kappa shape index (κ3) is 5.77. The van der Waals surface area contributed by atoms with Crippen LogP contribution in [0.2, 0.25) is 0 Å². The molecule has 0 atom stereocenters. The van der Waals surface area contributed by atoms with Gasteiger partial charge < -0.3 is 4.74 Å². The fourth-order valence-electron chi connectivity index (χ4n) is 4.72. The van der Waals surface area contributed by atoms with Gasteiger partial charge in [0.15, 0.2) is 0 Å². The standard InChI is InChI=1S/C20H36O/c1-3-5-17-6-10-19(11-7-17)20-12-8-18(9-13-20)14-16-21-15-4-2/h4,17-20H,2-3,5-16H2,1H3/t17-,18-,19-,20-. The van der Waals surface area contributed by atoms with Crippen molar-refractivity contribution < 1.29 is 4.74 Å². The monoisotopic (exact) mass is 292 g/mol. The van der Waals surface area contributed by atoms with Gasteiger partial charge in [-0.1, -0.05) is 51.5 Å². The van der Waals surface area contributed by atoms with E-state index >= 15 is 0 Å². The van der Waals surface area contributed by atoms with Crippen LogP contribution in [0.4, 0.5) is 0 Å². The van der Waals surface area contributed by atoms with Gasteiger partial charge in [-0.2, -0.15) is 0 Å². The summed E-state index contributed by atoms with van der Waals surface area (Å²) in [6, 6.07) is 0. The van der Waals surface area contributed by atoms with E-state index in [0.29, 0.717) is 0 Å². The molecule has 0 unspecified atom stereocenters. The fourth-order valence-corrected chi connectivity index (χ4v) is 4.72. The fraction of sp³-hybridized carbons (Fsp3) is 0.900.